The van der Waals surface area contributed by atoms with Gasteiger partial charge in [-0.1, -0.05) is 182 Å². The lowest BCUT2D eigenvalue weighted by atomic mass is 9.66. The molecule has 1 aliphatic heterocycles. The molecule has 5 nitrogen and oxygen atoms in total. The molecule has 0 saturated heterocycles. The molecule has 0 N–H and O–H groups in total. The smallest absolute Gasteiger partial charge is 0.164 e. The lowest BCUT2D eigenvalue weighted by molar-refractivity contribution is 0.436. The zero-order valence-corrected chi connectivity index (χ0v) is 34.0. The Kier molecular flexibility index (Phi) is 7.75. The van der Waals surface area contributed by atoms with Crippen LogP contribution in [-0.2, 0) is 5.41 Å². The van der Waals surface area contributed by atoms with Crippen molar-refractivity contribution in [2.45, 2.75) is 5.41 Å². The van der Waals surface area contributed by atoms with Crippen molar-refractivity contribution in [3.8, 4) is 73.6 Å². The molecule has 0 fully saturated rings. The molecular weight excluding hydrogens is 769 g/mol. The van der Waals surface area contributed by atoms with Crippen molar-refractivity contribution < 1.29 is 4.74 Å². The standard InChI is InChI=1S/C58H36N4O/c1-4-18-37(19-5-1)55-59-56(38-20-6-2-7-21-38)61-57(60-55)44-27-17-30-49-53(44)45-36-39(34-35-46(45)58(49)47-28-11-14-32-51(47)63-52-33-15-12-29-48(52)58)41-25-16-26-43-42-24-10-13-31-50(42)62(54(41)43)40-22-8-3-9-23-40/h1-36H. The van der Waals surface area contributed by atoms with Gasteiger partial charge in [0, 0.05) is 49.8 Å². The Labute approximate surface area is 364 Å². The third kappa shape index (κ3) is 5.20. The maximum atomic E-state index is 6.73. The minimum absolute atomic E-state index is 0.618. The second-order valence-corrected chi connectivity index (χ2v) is 16.3. The van der Waals surface area contributed by atoms with E-state index in [1.807, 2.05) is 36.4 Å². The van der Waals surface area contributed by atoms with Gasteiger partial charge in [0.05, 0.1) is 16.4 Å². The molecular formula is C58H36N4O. The molecule has 11 aromatic rings. The number of nitrogens with zero attached hydrogens (tertiary/aromatic N) is 4. The van der Waals surface area contributed by atoms with Crippen molar-refractivity contribution in [3.63, 3.8) is 0 Å². The average Bonchev–Trinajstić information content (AvgIpc) is 3.85. The van der Waals surface area contributed by atoms with Crippen molar-refractivity contribution in [2.24, 2.45) is 0 Å². The van der Waals surface area contributed by atoms with E-state index < -0.39 is 5.41 Å². The molecule has 5 heteroatoms. The summed E-state index contributed by atoms with van der Waals surface area (Å²) in [5.74, 6) is 3.56. The fourth-order valence-corrected chi connectivity index (χ4v) is 10.3. The van der Waals surface area contributed by atoms with E-state index >= 15 is 0 Å². The molecule has 1 aliphatic carbocycles. The van der Waals surface area contributed by atoms with Gasteiger partial charge in [0.2, 0.25) is 0 Å². The second-order valence-electron chi connectivity index (χ2n) is 16.3. The highest BCUT2D eigenvalue weighted by molar-refractivity contribution is 6.14. The third-order valence-electron chi connectivity index (χ3n) is 12.9. The number of benzene rings is 9. The normalized spacial score (nSPS) is 13.0. The van der Waals surface area contributed by atoms with Gasteiger partial charge in [-0.05, 0) is 64.2 Å². The van der Waals surface area contributed by atoms with E-state index in [-0.39, 0.29) is 0 Å². The number of hydrogen-bond donors (Lipinski definition) is 0. The summed E-state index contributed by atoms with van der Waals surface area (Å²) in [7, 11) is 0. The molecule has 1 spiro atoms. The Hall–Kier alpha value is -8.41. The van der Waals surface area contributed by atoms with Crippen molar-refractivity contribution in [3.05, 3.63) is 241 Å². The second kappa shape index (κ2) is 13.8. The van der Waals surface area contributed by atoms with Crippen LogP contribution in [0.15, 0.2) is 218 Å². The van der Waals surface area contributed by atoms with Gasteiger partial charge in [-0.15, -0.1) is 0 Å². The van der Waals surface area contributed by atoms with Crippen LogP contribution in [0.4, 0.5) is 0 Å². The van der Waals surface area contributed by atoms with Crippen molar-refractivity contribution >= 4 is 21.8 Å². The van der Waals surface area contributed by atoms with Crippen LogP contribution in [0, 0.1) is 0 Å². The molecule has 13 rings (SSSR count). The van der Waals surface area contributed by atoms with E-state index in [0.717, 1.165) is 72.8 Å². The molecule has 0 atom stereocenters. The maximum absolute atomic E-state index is 6.73. The largest absolute Gasteiger partial charge is 0.457 e. The van der Waals surface area contributed by atoms with E-state index in [9.17, 15) is 0 Å². The SMILES string of the molecule is c1ccc(-c2nc(-c3ccccc3)nc(-c3cccc4c3-c3cc(-c5cccc6c7ccccc7n(-c7ccccc7)c56)ccc3C43c4ccccc4Oc4ccccc43)n2)cc1. The van der Waals surface area contributed by atoms with Gasteiger partial charge in [0.1, 0.15) is 11.5 Å². The predicted octanol–water partition coefficient (Wildman–Crippen LogP) is 14.1. The first-order valence-corrected chi connectivity index (χ1v) is 21.4. The van der Waals surface area contributed by atoms with Gasteiger partial charge in [0.15, 0.2) is 17.5 Å². The van der Waals surface area contributed by atoms with Crippen LogP contribution in [0.2, 0.25) is 0 Å². The van der Waals surface area contributed by atoms with Crippen LogP contribution in [0.5, 0.6) is 11.5 Å². The van der Waals surface area contributed by atoms with E-state index in [0.29, 0.717) is 17.5 Å². The molecule has 0 radical (unpaired) electrons. The lowest BCUT2D eigenvalue weighted by Gasteiger charge is -2.39. The van der Waals surface area contributed by atoms with Gasteiger partial charge in [-0.25, -0.2) is 15.0 Å². The summed E-state index contributed by atoms with van der Waals surface area (Å²) >= 11 is 0. The number of ether oxygens (including phenoxy) is 1. The summed E-state index contributed by atoms with van der Waals surface area (Å²) in [5, 5.41) is 2.43. The Morgan fingerprint density at radius 3 is 1.60 bits per heavy atom. The van der Waals surface area contributed by atoms with E-state index in [1.165, 1.54) is 27.4 Å². The fraction of sp³-hybridized carbons (Fsp3) is 0.0172. The van der Waals surface area contributed by atoms with Gasteiger partial charge in [-0.3, -0.25) is 0 Å². The minimum atomic E-state index is -0.687. The highest BCUT2D eigenvalue weighted by Gasteiger charge is 2.52. The number of fused-ring (bicyclic) bond motifs is 12. The van der Waals surface area contributed by atoms with Crippen LogP contribution in [0.3, 0.4) is 0 Å². The molecule has 0 unspecified atom stereocenters. The van der Waals surface area contributed by atoms with Crippen molar-refractivity contribution in [1.29, 1.82) is 0 Å². The Morgan fingerprint density at radius 2 is 0.905 bits per heavy atom. The van der Waals surface area contributed by atoms with Crippen molar-refractivity contribution in [1.82, 2.24) is 19.5 Å². The summed E-state index contributed by atoms with van der Waals surface area (Å²) in [5.41, 5.74) is 14.6. The van der Waals surface area contributed by atoms with E-state index in [2.05, 4.69) is 187 Å². The van der Waals surface area contributed by atoms with Crippen LogP contribution in [0.25, 0.3) is 83.9 Å². The zero-order valence-electron chi connectivity index (χ0n) is 34.0. The van der Waals surface area contributed by atoms with Gasteiger partial charge in [-0.2, -0.15) is 0 Å². The monoisotopic (exact) mass is 804 g/mol. The Morgan fingerprint density at radius 1 is 0.365 bits per heavy atom. The van der Waals surface area contributed by atoms with Crippen LogP contribution in [0.1, 0.15) is 22.3 Å². The third-order valence-corrected chi connectivity index (χ3v) is 12.9. The van der Waals surface area contributed by atoms with E-state index in [4.69, 9.17) is 19.7 Å². The molecule has 3 heterocycles. The van der Waals surface area contributed by atoms with Crippen molar-refractivity contribution in [2.75, 3.05) is 0 Å². The van der Waals surface area contributed by atoms with Gasteiger partial charge in [0.25, 0.3) is 0 Å². The highest BCUT2D eigenvalue weighted by Crippen LogP contribution is 2.63. The van der Waals surface area contributed by atoms with Gasteiger partial charge < -0.3 is 9.30 Å². The van der Waals surface area contributed by atoms with Crippen LogP contribution in [-0.4, -0.2) is 19.5 Å². The number of rotatable bonds is 5. The Balaban J connectivity index is 1.14. The highest BCUT2D eigenvalue weighted by atomic mass is 16.5. The lowest BCUT2D eigenvalue weighted by Crippen LogP contribution is -2.32. The minimum Gasteiger partial charge on any atom is -0.457 e. The first-order valence-electron chi connectivity index (χ1n) is 21.4. The molecule has 294 valence electrons. The van der Waals surface area contributed by atoms with Crippen LogP contribution < -0.4 is 4.74 Å². The summed E-state index contributed by atoms with van der Waals surface area (Å²) in [6, 6.07) is 77.3. The molecule has 0 bridgehead atoms. The topological polar surface area (TPSA) is 52.8 Å². The molecule has 9 aromatic carbocycles. The predicted molar refractivity (Wildman–Crippen MR) is 253 cm³/mol. The molecule has 2 aromatic heterocycles. The van der Waals surface area contributed by atoms with Gasteiger partial charge >= 0.3 is 0 Å². The summed E-state index contributed by atoms with van der Waals surface area (Å²) in [6.45, 7) is 0. The van der Waals surface area contributed by atoms with E-state index in [1.54, 1.807) is 0 Å². The first-order chi connectivity index (χ1) is 31.3. The number of hydrogen-bond acceptors (Lipinski definition) is 4. The molecule has 0 amide bonds. The maximum Gasteiger partial charge on any atom is 0.164 e. The molecule has 0 saturated carbocycles. The first kappa shape index (κ1) is 35.4. The zero-order chi connectivity index (χ0) is 41.5. The summed E-state index contributed by atoms with van der Waals surface area (Å²) in [4.78, 5) is 15.7. The van der Waals surface area contributed by atoms with Crippen LogP contribution >= 0.6 is 0 Å². The number of para-hydroxylation sites is 5. The number of aromatic nitrogens is 4. The fourth-order valence-electron chi connectivity index (χ4n) is 10.3. The average molecular weight is 805 g/mol. The molecule has 2 aliphatic rings. The molecule has 63 heavy (non-hydrogen) atoms. The quantitative estimate of drug-likeness (QED) is 0.174. The Bertz CT molecular complexity index is 3490. The summed E-state index contributed by atoms with van der Waals surface area (Å²) in [6.07, 6.45) is 0. The summed E-state index contributed by atoms with van der Waals surface area (Å²) < 4.78 is 9.14.